The summed E-state index contributed by atoms with van der Waals surface area (Å²) in [4.78, 5) is 15.6. The zero-order chi connectivity index (χ0) is 13.7. The van der Waals surface area contributed by atoms with Crippen LogP contribution in [0.4, 0.5) is 0 Å². The number of aromatic nitrogens is 1. The lowest BCUT2D eigenvalue weighted by atomic mass is 9.97. The van der Waals surface area contributed by atoms with E-state index in [1.165, 1.54) is 16.9 Å². The Hall–Kier alpha value is -1.17. The fourth-order valence-electron chi connectivity index (χ4n) is 1.93. The first kappa shape index (κ1) is 14.2. The molecule has 1 unspecified atom stereocenters. The van der Waals surface area contributed by atoms with E-state index >= 15 is 0 Å². The Kier molecular flexibility index (Phi) is 4.74. The molecule has 1 aromatic heterocycles. The van der Waals surface area contributed by atoms with Crippen molar-refractivity contribution < 1.29 is 9.90 Å². The molecule has 5 heteroatoms. The van der Waals surface area contributed by atoms with Crippen LogP contribution in [-0.2, 0) is 16.8 Å². The van der Waals surface area contributed by atoms with Crippen LogP contribution in [-0.4, -0.2) is 15.2 Å². The monoisotopic (exact) mass is 293 g/mol. The van der Waals surface area contributed by atoms with Crippen molar-refractivity contribution in [1.29, 1.82) is 0 Å². The highest BCUT2D eigenvalue weighted by atomic mass is 32.1. The highest BCUT2D eigenvalue weighted by Crippen LogP contribution is 2.31. The lowest BCUT2D eigenvalue weighted by Gasteiger charge is -2.21. The molecular formula is C14H15NO2S2. The van der Waals surface area contributed by atoms with Crippen molar-refractivity contribution >= 4 is 29.1 Å². The van der Waals surface area contributed by atoms with Crippen LogP contribution in [0.2, 0.25) is 0 Å². The van der Waals surface area contributed by atoms with Gasteiger partial charge in [-0.15, -0.1) is 24.0 Å². The van der Waals surface area contributed by atoms with Crippen LogP contribution in [0.1, 0.15) is 23.4 Å². The first-order valence-electron chi connectivity index (χ1n) is 6.02. The van der Waals surface area contributed by atoms with Gasteiger partial charge < -0.3 is 5.11 Å². The topological polar surface area (TPSA) is 50.2 Å². The summed E-state index contributed by atoms with van der Waals surface area (Å²) in [5.41, 5.74) is -0.373. The van der Waals surface area contributed by atoms with Crippen LogP contribution in [0.3, 0.4) is 0 Å². The number of nitrogens with zero attached hydrogens (tertiary/aromatic N) is 1. The molecule has 0 aliphatic carbocycles. The minimum absolute atomic E-state index is 0.331. The fourth-order valence-corrected chi connectivity index (χ4v) is 2.98. The molecule has 2 aromatic rings. The zero-order valence-electron chi connectivity index (χ0n) is 10.3. The molecule has 0 spiro atoms. The van der Waals surface area contributed by atoms with Gasteiger partial charge in [0, 0.05) is 11.6 Å². The van der Waals surface area contributed by atoms with E-state index in [1.807, 2.05) is 30.3 Å². The van der Waals surface area contributed by atoms with Gasteiger partial charge in [-0.3, -0.25) is 4.79 Å². The molecule has 0 aliphatic heterocycles. The molecule has 1 atom stereocenters. The molecule has 0 aliphatic rings. The summed E-state index contributed by atoms with van der Waals surface area (Å²) < 4.78 is 0. The molecule has 100 valence electrons. The zero-order valence-corrected chi connectivity index (χ0v) is 12.0. The van der Waals surface area contributed by atoms with Crippen molar-refractivity contribution in [2.75, 3.05) is 0 Å². The van der Waals surface area contributed by atoms with Gasteiger partial charge in [0.2, 0.25) is 5.12 Å². The van der Waals surface area contributed by atoms with Crippen LogP contribution in [0.25, 0.3) is 0 Å². The lowest BCUT2D eigenvalue weighted by molar-refractivity contribution is -0.129. The SMILES string of the molecule is O=C(S)C(O)(CCCc1ccccc1)c1nccs1. The Morgan fingerprint density at radius 1 is 1.37 bits per heavy atom. The van der Waals surface area contributed by atoms with Gasteiger partial charge in [-0.2, -0.15) is 0 Å². The van der Waals surface area contributed by atoms with Crippen LogP contribution in [0, 0.1) is 0 Å². The molecule has 3 nitrogen and oxygen atoms in total. The van der Waals surface area contributed by atoms with E-state index in [1.54, 1.807) is 11.6 Å². The predicted molar refractivity (Wildman–Crippen MR) is 79.4 cm³/mol. The summed E-state index contributed by atoms with van der Waals surface area (Å²) in [5.74, 6) is 0. The molecule has 0 radical (unpaired) electrons. The Morgan fingerprint density at radius 3 is 2.68 bits per heavy atom. The van der Waals surface area contributed by atoms with Crippen LogP contribution < -0.4 is 0 Å². The van der Waals surface area contributed by atoms with Gasteiger partial charge in [0.1, 0.15) is 5.01 Å². The number of hydrogen-bond acceptors (Lipinski definition) is 4. The Morgan fingerprint density at radius 2 is 2.11 bits per heavy atom. The summed E-state index contributed by atoms with van der Waals surface area (Å²) in [6.07, 6.45) is 3.43. The van der Waals surface area contributed by atoms with Crippen molar-refractivity contribution in [3.05, 3.63) is 52.5 Å². The number of rotatable bonds is 6. The second kappa shape index (κ2) is 6.32. The third-order valence-electron chi connectivity index (χ3n) is 2.99. The Bertz CT molecular complexity index is 528. The average molecular weight is 293 g/mol. The molecule has 1 heterocycles. The van der Waals surface area contributed by atoms with Gasteiger partial charge in [-0.1, -0.05) is 30.3 Å². The third-order valence-corrected chi connectivity index (χ3v) is 4.28. The molecule has 0 amide bonds. The molecular weight excluding hydrogens is 278 g/mol. The number of thiol groups is 1. The maximum Gasteiger partial charge on any atom is 0.224 e. The molecule has 2 rings (SSSR count). The number of hydrogen-bond donors (Lipinski definition) is 2. The smallest absolute Gasteiger partial charge is 0.224 e. The summed E-state index contributed by atoms with van der Waals surface area (Å²) in [5, 5.41) is 12.1. The number of aryl methyl sites for hydroxylation is 1. The standard InChI is InChI=1S/C14H15NO2S2/c16-13(18)14(17,12-15-9-10-19-12)8-4-7-11-5-2-1-3-6-11/h1-3,5-6,9-10,17H,4,7-8H2,(H,16,18). The Labute approximate surface area is 121 Å². The molecule has 19 heavy (non-hydrogen) atoms. The van der Waals surface area contributed by atoms with Crippen LogP contribution >= 0.6 is 24.0 Å². The largest absolute Gasteiger partial charge is 0.374 e. The van der Waals surface area contributed by atoms with Gasteiger partial charge in [0.25, 0.3) is 0 Å². The highest BCUT2D eigenvalue weighted by molar-refractivity contribution is 7.96. The molecule has 0 bridgehead atoms. The van der Waals surface area contributed by atoms with Crippen molar-refractivity contribution in [1.82, 2.24) is 4.98 Å². The van der Waals surface area contributed by atoms with Crippen molar-refractivity contribution in [3.63, 3.8) is 0 Å². The van der Waals surface area contributed by atoms with Crippen LogP contribution in [0.15, 0.2) is 41.9 Å². The normalized spacial score (nSPS) is 14.0. The summed E-state index contributed by atoms with van der Waals surface area (Å²) >= 11 is 5.08. The first-order valence-corrected chi connectivity index (χ1v) is 7.35. The minimum atomic E-state index is -1.56. The fraction of sp³-hybridized carbons (Fsp3) is 0.286. The second-order valence-corrected chi connectivity index (χ2v) is 5.64. The number of aliphatic hydroxyl groups is 1. The maximum atomic E-state index is 11.6. The molecule has 0 saturated heterocycles. The van der Waals surface area contributed by atoms with E-state index in [0.717, 1.165) is 6.42 Å². The van der Waals surface area contributed by atoms with E-state index < -0.39 is 10.7 Å². The van der Waals surface area contributed by atoms with Gasteiger partial charge in [-0.05, 0) is 24.8 Å². The van der Waals surface area contributed by atoms with Gasteiger partial charge in [-0.25, -0.2) is 4.98 Å². The molecule has 1 aromatic carbocycles. The van der Waals surface area contributed by atoms with Gasteiger partial charge >= 0.3 is 0 Å². The minimum Gasteiger partial charge on any atom is -0.374 e. The lowest BCUT2D eigenvalue weighted by Crippen LogP contribution is -2.32. The molecule has 1 N–H and O–H groups in total. The van der Waals surface area contributed by atoms with Crippen molar-refractivity contribution in [2.24, 2.45) is 0 Å². The number of carbonyl (C=O) groups excluding carboxylic acids is 1. The maximum absolute atomic E-state index is 11.6. The average Bonchev–Trinajstić information content (AvgIpc) is 2.94. The summed E-state index contributed by atoms with van der Waals surface area (Å²) in [6, 6.07) is 9.99. The van der Waals surface area contributed by atoms with Gasteiger partial charge in [0.05, 0.1) is 0 Å². The predicted octanol–water partition coefficient (Wildman–Crippen LogP) is 2.81. The highest BCUT2D eigenvalue weighted by Gasteiger charge is 2.37. The van der Waals surface area contributed by atoms with E-state index in [0.29, 0.717) is 17.8 Å². The second-order valence-electron chi connectivity index (χ2n) is 4.34. The number of carbonyl (C=O) groups is 1. The molecule has 0 fully saturated rings. The van der Waals surface area contributed by atoms with E-state index in [9.17, 15) is 9.90 Å². The quantitative estimate of drug-likeness (QED) is 0.805. The van der Waals surface area contributed by atoms with E-state index in [2.05, 4.69) is 17.6 Å². The number of benzene rings is 1. The van der Waals surface area contributed by atoms with Crippen molar-refractivity contribution in [2.45, 2.75) is 24.9 Å². The van der Waals surface area contributed by atoms with E-state index in [-0.39, 0.29) is 0 Å². The van der Waals surface area contributed by atoms with Gasteiger partial charge in [0.15, 0.2) is 5.60 Å². The third kappa shape index (κ3) is 3.43. The first-order chi connectivity index (χ1) is 9.13. The van der Waals surface area contributed by atoms with Crippen LogP contribution in [0.5, 0.6) is 0 Å². The van der Waals surface area contributed by atoms with E-state index in [4.69, 9.17) is 0 Å². The Balaban J connectivity index is 2.01. The summed E-state index contributed by atoms with van der Waals surface area (Å²) in [6.45, 7) is 0. The molecule has 0 saturated carbocycles. The summed E-state index contributed by atoms with van der Waals surface area (Å²) in [7, 11) is 0. The van der Waals surface area contributed by atoms with Crippen molar-refractivity contribution in [3.8, 4) is 0 Å². The number of thiazole rings is 1.